The highest BCUT2D eigenvalue weighted by molar-refractivity contribution is 6.01. The van der Waals surface area contributed by atoms with Crippen LogP contribution in [0.25, 0.3) is 0 Å². The zero-order valence-electron chi connectivity index (χ0n) is 12.6. The molecule has 1 aromatic carbocycles. The first-order chi connectivity index (χ1) is 9.61. The molecule has 0 atom stereocenters. The lowest BCUT2D eigenvalue weighted by Crippen LogP contribution is -2.32. The van der Waals surface area contributed by atoms with Crippen molar-refractivity contribution in [2.24, 2.45) is 5.73 Å². The minimum absolute atomic E-state index is 0.0952. The van der Waals surface area contributed by atoms with Crippen LogP contribution in [0.2, 0.25) is 0 Å². The van der Waals surface area contributed by atoms with E-state index in [0.29, 0.717) is 13.2 Å². The number of nitrogens with zero attached hydrogens (tertiary/aromatic N) is 1. The van der Waals surface area contributed by atoms with Crippen molar-refractivity contribution >= 4 is 11.5 Å². The number of nitrogens with one attached hydrogen (secondary N) is 1. The lowest BCUT2D eigenvalue weighted by Gasteiger charge is -2.28. The monoisotopic (exact) mass is 279 g/mol. The van der Waals surface area contributed by atoms with Gasteiger partial charge in [0.15, 0.2) is 0 Å². The molecule has 0 spiro atoms. The Labute approximate surface area is 121 Å². The van der Waals surface area contributed by atoms with Crippen molar-refractivity contribution in [3.8, 4) is 0 Å². The van der Waals surface area contributed by atoms with E-state index in [1.54, 1.807) is 14.2 Å². The van der Waals surface area contributed by atoms with E-state index in [4.69, 9.17) is 20.6 Å². The minimum Gasteiger partial charge on any atom is -0.385 e. The van der Waals surface area contributed by atoms with E-state index >= 15 is 0 Å². The average Bonchev–Trinajstić information content (AvgIpc) is 2.43. The predicted molar refractivity (Wildman–Crippen MR) is 82.8 cm³/mol. The van der Waals surface area contributed by atoms with Crippen molar-refractivity contribution in [1.82, 2.24) is 0 Å². The molecule has 0 heterocycles. The van der Waals surface area contributed by atoms with Crippen molar-refractivity contribution in [1.29, 1.82) is 5.41 Å². The molecule has 0 bridgehead atoms. The third kappa shape index (κ3) is 4.51. The summed E-state index contributed by atoms with van der Waals surface area (Å²) in [6.45, 7) is 5.01. The lowest BCUT2D eigenvalue weighted by molar-refractivity contribution is 0.191. The van der Waals surface area contributed by atoms with Gasteiger partial charge < -0.3 is 20.1 Å². The standard InChI is InChI=1S/C15H25N3O2/c1-12-6-4-7-13(15(16)17)14(12)18(9-11-20-3)8-5-10-19-2/h4,6-7H,5,8-11H2,1-3H3,(H3,16,17). The summed E-state index contributed by atoms with van der Waals surface area (Å²) in [7, 11) is 3.39. The van der Waals surface area contributed by atoms with Gasteiger partial charge in [0.2, 0.25) is 0 Å². The maximum absolute atomic E-state index is 7.75. The molecule has 112 valence electrons. The smallest absolute Gasteiger partial charge is 0.124 e. The van der Waals surface area contributed by atoms with Crippen molar-refractivity contribution in [2.75, 3.05) is 45.4 Å². The van der Waals surface area contributed by atoms with Crippen LogP contribution < -0.4 is 10.6 Å². The zero-order chi connectivity index (χ0) is 15.0. The Morgan fingerprint density at radius 2 is 1.90 bits per heavy atom. The fraction of sp³-hybridized carbons (Fsp3) is 0.533. The number of benzene rings is 1. The molecule has 1 aromatic rings. The van der Waals surface area contributed by atoms with Gasteiger partial charge in [0.05, 0.1) is 12.3 Å². The lowest BCUT2D eigenvalue weighted by atomic mass is 10.1. The van der Waals surface area contributed by atoms with Gasteiger partial charge in [-0.05, 0) is 25.0 Å². The normalized spacial score (nSPS) is 10.6. The van der Waals surface area contributed by atoms with Crippen molar-refractivity contribution in [2.45, 2.75) is 13.3 Å². The molecule has 1 rings (SSSR count). The summed E-state index contributed by atoms with van der Waals surface area (Å²) in [5.41, 5.74) is 8.62. The van der Waals surface area contributed by atoms with Gasteiger partial charge >= 0.3 is 0 Å². The third-order valence-corrected chi connectivity index (χ3v) is 3.19. The Kier molecular flexibility index (Phi) is 7.04. The minimum atomic E-state index is 0.0952. The van der Waals surface area contributed by atoms with Gasteiger partial charge in [-0.1, -0.05) is 12.1 Å². The number of ether oxygens (including phenoxy) is 2. The van der Waals surface area contributed by atoms with E-state index in [2.05, 4.69) is 4.90 Å². The van der Waals surface area contributed by atoms with Crippen LogP contribution in [0.4, 0.5) is 5.69 Å². The highest BCUT2D eigenvalue weighted by Crippen LogP contribution is 2.25. The van der Waals surface area contributed by atoms with Gasteiger partial charge in [0.1, 0.15) is 5.84 Å². The van der Waals surface area contributed by atoms with Gasteiger partial charge in [-0.15, -0.1) is 0 Å². The summed E-state index contributed by atoms with van der Waals surface area (Å²) in [5.74, 6) is 0.0952. The van der Waals surface area contributed by atoms with Crippen LogP contribution in [0.3, 0.4) is 0 Å². The molecule has 0 aliphatic heterocycles. The van der Waals surface area contributed by atoms with E-state index in [9.17, 15) is 0 Å². The first-order valence-corrected chi connectivity index (χ1v) is 6.78. The SMILES string of the molecule is COCCCN(CCOC)c1c(C)cccc1C(=N)N. The Hall–Kier alpha value is -1.59. The molecule has 0 aromatic heterocycles. The fourth-order valence-corrected chi connectivity index (χ4v) is 2.23. The Morgan fingerprint density at radius 1 is 1.20 bits per heavy atom. The van der Waals surface area contributed by atoms with Crippen LogP contribution in [0.1, 0.15) is 17.5 Å². The molecule has 5 nitrogen and oxygen atoms in total. The first-order valence-electron chi connectivity index (χ1n) is 6.78. The molecule has 0 radical (unpaired) electrons. The molecule has 0 fully saturated rings. The molecular weight excluding hydrogens is 254 g/mol. The van der Waals surface area contributed by atoms with Crippen molar-refractivity contribution < 1.29 is 9.47 Å². The van der Waals surface area contributed by atoms with Gasteiger partial charge in [0.25, 0.3) is 0 Å². The molecule has 0 saturated carbocycles. The second-order valence-electron chi connectivity index (χ2n) is 4.71. The third-order valence-electron chi connectivity index (χ3n) is 3.19. The summed E-state index contributed by atoms with van der Waals surface area (Å²) < 4.78 is 10.3. The highest BCUT2D eigenvalue weighted by Gasteiger charge is 2.15. The molecule has 0 aliphatic carbocycles. The van der Waals surface area contributed by atoms with Crippen LogP contribution in [0, 0.1) is 12.3 Å². The summed E-state index contributed by atoms with van der Waals surface area (Å²) in [6, 6.07) is 5.86. The molecule has 0 amide bonds. The number of aryl methyl sites for hydroxylation is 1. The second-order valence-corrected chi connectivity index (χ2v) is 4.71. The van der Waals surface area contributed by atoms with E-state index < -0.39 is 0 Å². The topological polar surface area (TPSA) is 71.6 Å². The zero-order valence-corrected chi connectivity index (χ0v) is 12.6. The van der Waals surface area contributed by atoms with Crippen LogP contribution in [0.5, 0.6) is 0 Å². The van der Waals surface area contributed by atoms with Crippen LogP contribution in [0.15, 0.2) is 18.2 Å². The van der Waals surface area contributed by atoms with E-state index in [-0.39, 0.29) is 5.84 Å². The summed E-state index contributed by atoms with van der Waals surface area (Å²) in [5, 5.41) is 7.75. The first kappa shape index (κ1) is 16.5. The average molecular weight is 279 g/mol. The molecule has 5 heteroatoms. The Bertz CT molecular complexity index is 435. The predicted octanol–water partition coefficient (Wildman–Crippen LogP) is 1.77. The number of amidine groups is 1. The molecular formula is C15H25N3O2. The molecule has 0 unspecified atom stereocenters. The van der Waals surface area contributed by atoms with Crippen molar-refractivity contribution in [3.05, 3.63) is 29.3 Å². The number of hydrogen-bond donors (Lipinski definition) is 2. The van der Waals surface area contributed by atoms with Crippen LogP contribution >= 0.6 is 0 Å². The van der Waals surface area contributed by atoms with Gasteiger partial charge in [-0.25, -0.2) is 0 Å². The van der Waals surface area contributed by atoms with E-state index in [1.165, 1.54) is 0 Å². The molecule has 3 N–H and O–H groups in total. The second kappa shape index (κ2) is 8.55. The van der Waals surface area contributed by atoms with Gasteiger partial charge in [0, 0.05) is 39.5 Å². The van der Waals surface area contributed by atoms with E-state index in [1.807, 2.05) is 25.1 Å². The van der Waals surface area contributed by atoms with E-state index in [0.717, 1.165) is 36.3 Å². The van der Waals surface area contributed by atoms with Crippen LogP contribution in [-0.2, 0) is 9.47 Å². The van der Waals surface area contributed by atoms with Crippen molar-refractivity contribution in [3.63, 3.8) is 0 Å². The Morgan fingerprint density at radius 3 is 2.50 bits per heavy atom. The molecule has 0 aliphatic rings. The summed E-state index contributed by atoms with van der Waals surface area (Å²) in [6.07, 6.45) is 0.923. The number of rotatable bonds is 9. The molecule has 0 saturated heterocycles. The fourth-order valence-electron chi connectivity index (χ4n) is 2.23. The van der Waals surface area contributed by atoms with Gasteiger partial charge in [-0.3, -0.25) is 5.41 Å². The number of hydrogen-bond acceptors (Lipinski definition) is 4. The van der Waals surface area contributed by atoms with Crippen LogP contribution in [-0.4, -0.2) is 46.4 Å². The van der Waals surface area contributed by atoms with Gasteiger partial charge in [-0.2, -0.15) is 0 Å². The number of nitrogens with two attached hydrogens (primary N) is 1. The maximum atomic E-state index is 7.75. The number of methoxy groups -OCH3 is 2. The quantitative estimate of drug-likeness (QED) is 0.410. The largest absolute Gasteiger partial charge is 0.385 e. The summed E-state index contributed by atoms with van der Waals surface area (Å²) >= 11 is 0. The number of nitrogen functional groups attached to an aromatic ring is 1. The molecule has 20 heavy (non-hydrogen) atoms. The highest BCUT2D eigenvalue weighted by atomic mass is 16.5. The maximum Gasteiger partial charge on any atom is 0.124 e. The Balaban J connectivity index is 3.01. The number of anilines is 1. The summed E-state index contributed by atoms with van der Waals surface area (Å²) in [4.78, 5) is 2.22. The number of para-hydroxylation sites is 1.